The Kier molecular flexibility index (Phi) is 3.92. The molecule has 0 radical (unpaired) electrons. The Morgan fingerprint density at radius 3 is 2.17 bits per heavy atom. The Balaban J connectivity index is 1.73. The van der Waals surface area contributed by atoms with Crippen LogP contribution in [0.1, 0.15) is 26.3 Å². The number of hydrogen-bond donors (Lipinski definition) is 1. The molecule has 0 aliphatic carbocycles. The normalized spacial score (nSPS) is 15.0. The molecule has 23 heavy (non-hydrogen) atoms. The highest BCUT2D eigenvalue weighted by atomic mass is 19.1. The summed E-state index contributed by atoms with van der Waals surface area (Å²) in [5.41, 5.74) is 6.88. The van der Waals surface area contributed by atoms with Gasteiger partial charge in [-0.1, -0.05) is 18.2 Å². The summed E-state index contributed by atoms with van der Waals surface area (Å²) in [6.07, 6.45) is 0.0967. The molecule has 2 amide bonds. The van der Waals surface area contributed by atoms with E-state index in [1.807, 2.05) is 0 Å². The highest BCUT2D eigenvalue weighted by molar-refractivity contribution is 6.21. The number of nitrogens with two attached hydrogens (primary N) is 1. The molecule has 1 aliphatic heterocycles. The summed E-state index contributed by atoms with van der Waals surface area (Å²) in [6.45, 7) is -0.0246. The number of carbonyl (C=O) groups is 2. The zero-order valence-electron chi connectivity index (χ0n) is 12.1. The second kappa shape index (κ2) is 5.89. The van der Waals surface area contributed by atoms with Crippen LogP contribution in [0.5, 0.6) is 0 Å². The van der Waals surface area contributed by atoms with Crippen LogP contribution in [0.3, 0.4) is 0 Å². The number of carbonyl (C=O) groups excluding carboxylic acids is 2. The first-order valence-electron chi connectivity index (χ1n) is 7.12. The zero-order valence-corrected chi connectivity index (χ0v) is 12.1. The van der Waals surface area contributed by atoms with Gasteiger partial charge in [0.2, 0.25) is 0 Å². The summed E-state index contributed by atoms with van der Waals surface area (Å²) >= 11 is 0. The fourth-order valence-electron chi connectivity index (χ4n) is 2.67. The fraction of sp³-hybridized carbons (Fsp3) is 0.176. The van der Waals surface area contributed by atoms with Crippen LogP contribution in [-0.4, -0.2) is 29.3 Å². The Labute approximate surface area is 131 Å². The van der Waals surface area contributed by atoms with E-state index in [0.717, 1.165) is 17.0 Å². The van der Waals surface area contributed by atoms with Gasteiger partial charge >= 0.3 is 0 Å². The second-order valence-corrected chi connectivity index (χ2v) is 5.47. The summed E-state index contributed by atoms with van der Waals surface area (Å²) in [5, 5.41) is 0. The topological polar surface area (TPSA) is 63.4 Å². The van der Waals surface area contributed by atoms with Gasteiger partial charge in [0, 0.05) is 18.7 Å². The van der Waals surface area contributed by atoms with Crippen molar-refractivity contribution in [3.05, 3.63) is 70.8 Å². The van der Waals surface area contributed by atoms with Crippen molar-refractivity contribution in [3.8, 4) is 0 Å². The van der Waals surface area contributed by atoms with Crippen LogP contribution in [-0.2, 0) is 6.42 Å². The number of halogens is 2. The highest BCUT2D eigenvalue weighted by Gasteiger charge is 2.35. The summed E-state index contributed by atoms with van der Waals surface area (Å²) in [5.74, 6) is -2.16. The molecule has 1 heterocycles. The monoisotopic (exact) mass is 316 g/mol. The Bertz CT molecular complexity index is 757. The number of benzene rings is 2. The lowest BCUT2D eigenvalue weighted by molar-refractivity contribution is 0.0644. The second-order valence-electron chi connectivity index (χ2n) is 5.47. The number of nitrogens with zero attached hydrogens (tertiary/aromatic N) is 1. The maximum atomic E-state index is 13.6. The van der Waals surface area contributed by atoms with Crippen molar-refractivity contribution < 1.29 is 18.4 Å². The number of amides is 2. The third kappa shape index (κ3) is 2.85. The molecule has 1 atom stereocenters. The Hall–Kier alpha value is -2.60. The van der Waals surface area contributed by atoms with Crippen molar-refractivity contribution >= 4 is 11.8 Å². The van der Waals surface area contributed by atoms with Crippen molar-refractivity contribution in [2.75, 3.05) is 6.54 Å². The standard InChI is InChI=1S/C17H14F2N2O2/c18-11-6-5-10(15(19)8-11)7-12(20)9-21-16(22)13-3-1-2-4-14(13)17(21)23/h1-6,8,12H,7,9,20H2/t12-/m1/s1. The van der Waals surface area contributed by atoms with Crippen LogP contribution in [0.15, 0.2) is 42.5 Å². The summed E-state index contributed by atoms with van der Waals surface area (Å²) < 4.78 is 26.5. The first-order valence-corrected chi connectivity index (χ1v) is 7.12. The number of rotatable bonds is 4. The summed E-state index contributed by atoms with van der Waals surface area (Å²) in [4.78, 5) is 25.5. The largest absolute Gasteiger partial charge is 0.326 e. The Morgan fingerprint density at radius 1 is 1.00 bits per heavy atom. The molecular formula is C17H14F2N2O2. The molecule has 0 bridgehead atoms. The van der Waals surface area contributed by atoms with E-state index in [2.05, 4.69) is 0 Å². The van der Waals surface area contributed by atoms with Crippen LogP contribution in [0.25, 0.3) is 0 Å². The fourth-order valence-corrected chi connectivity index (χ4v) is 2.67. The van der Waals surface area contributed by atoms with Crippen molar-refractivity contribution in [1.29, 1.82) is 0 Å². The SMILES string of the molecule is N[C@H](Cc1ccc(F)cc1F)CN1C(=O)c2ccccc2C1=O. The van der Waals surface area contributed by atoms with E-state index in [1.54, 1.807) is 24.3 Å². The van der Waals surface area contributed by atoms with E-state index < -0.39 is 29.5 Å². The highest BCUT2D eigenvalue weighted by Crippen LogP contribution is 2.22. The van der Waals surface area contributed by atoms with Gasteiger partial charge in [0.15, 0.2) is 0 Å². The van der Waals surface area contributed by atoms with E-state index >= 15 is 0 Å². The number of fused-ring (bicyclic) bond motifs is 1. The average Bonchev–Trinajstić information content (AvgIpc) is 2.76. The zero-order chi connectivity index (χ0) is 16.6. The molecule has 2 aromatic rings. The van der Waals surface area contributed by atoms with Gasteiger partial charge in [-0.05, 0) is 30.2 Å². The predicted molar refractivity (Wildman–Crippen MR) is 79.8 cm³/mol. The molecule has 0 unspecified atom stereocenters. The van der Waals surface area contributed by atoms with Crippen molar-refractivity contribution in [3.63, 3.8) is 0 Å². The van der Waals surface area contributed by atoms with Crippen LogP contribution in [0.4, 0.5) is 8.78 Å². The lowest BCUT2D eigenvalue weighted by Crippen LogP contribution is -2.42. The minimum Gasteiger partial charge on any atom is -0.326 e. The maximum absolute atomic E-state index is 13.6. The quantitative estimate of drug-likeness (QED) is 0.879. The Morgan fingerprint density at radius 2 is 1.61 bits per heavy atom. The smallest absolute Gasteiger partial charge is 0.261 e. The van der Waals surface area contributed by atoms with Gasteiger partial charge < -0.3 is 5.73 Å². The van der Waals surface area contributed by atoms with E-state index in [9.17, 15) is 18.4 Å². The lowest BCUT2D eigenvalue weighted by atomic mass is 10.1. The van der Waals surface area contributed by atoms with Crippen molar-refractivity contribution in [2.24, 2.45) is 5.73 Å². The average molecular weight is 316 g/mol. The van der Waals surface area contributed by atoms with Gasteiger partial charge in [0.25, 0.3) is 11.8 Å². The molecule has 0 fully saturated rings. The van der Waals surface area contributed by atoms with Crippen LogP contribution < -0.4 is 5.73 Å². The van der Waals surface area contributed by atoms with Gasteiger partial charge in [-0.2, -0.15) is 0 Å². The molecule has 0 saturated heterocycles. The molecule has 2 aromatic carbocycles. The molecule has 4 nitrogen and oxygen atoms in total. The van der Waals surface area contributed by atoms with Crippen molar-refractivity contribution in [1.82, 2.24) is 4.90 Å². The third-order valence-electron chi connectivity index (χ3n) is 3.79. The first kappa shape index (κ1) is 15.3. The molecule has 0 saturated carbocycles. The van der Waals surface area contributed by atoms with Crippen LogP contribution >= 0.6 is 0 Å². The van der Waals surface area contributed by atoms with E-state index in [0.29, 0.717) is 11.1 Å². The van der Waals surface area contributed by atoms with Crippen LogP contribution in [0, 0.1) is 11.6 Å². The van der Waals surface area contributed by atoms with Gasteiger partial charge in [0.1, 0.15) is 11.6 Å². The lowest BCUT2D eigenvalue weighted by Gasteiger charge is -2.19. The number of imide groups is 1. The molecule has 118 valence electrons. The molecule has 0 spiro atoms. The van der Waals surface area contributed by atoms with Gasteiger partial charge in [-0.15, -0.1) is 0 Å². The molecule has 1 aliphatic rings. The molecule has 2 N–H and O–H groups in total. The molecule has 0 aromatic heterocycles. The van der Waals surface area contributed by atoms with E-state index in [4.69, 9.17) is 5.73 Å². The molecule has 6 heteroatoms. The van der Waals surface area contributed by atoms with Gasteiger partial charge in [-0.25, -0.2) is 8.78 Å². The van der Waals surface area contributed by atoms with E-state index in [-0.39, 0.29) is 18.5 Å². The summed E-state index contributed by atoms with van der Waals surface area (Å²) in [7, 11) is 0. The number of hydrogen-bond acceptors (Lipinski definition) is 3. The predicted octanol–water partition coefficient (Wildman–Crippen LogP) is 2.13. The molecular weight excluding hydrogens is 302 g/mol. The minimum atomic E-state index is -0.692. The molecule has 3 rings (SSSR count). The minimum absolute atomic E-state index is 0.0246. The third-order valence-corrected chi connectivity index (χ3v) is 3.79. The maximum Gasteiger partial charge on any atom is 0.261 e. The van der Waals surface area contributed by atoms with Crippen molar-refractivity contribution in [2.45, 2.75) is 12.5 Å². The van der Waals surface area contributed by atoms with E-state index in [1.165, 1.54) is 6.07 Å². The summed E-state index contributed by atoms with van der Waals surface area (Å²) in [6, 6.07) is 9.13. The van der Waals surface area contributed by atoms with Gasteiger partial charge in [-0.3, -0.25) is 14.5 Å². The van der Waals surface area contributed by atoms with Gasteiger partial charge in [0.05, 0.1) is 11.1 Å². The van der Waals surface area contributed by atoms with Crippen LogP contribution in [0.2, 0.25) is 0 Å². The first-order chi connectivity index (χ1) is 11.0.